The number of nitrogens with zero attached hydrogens (tertiary/aromatic N) is 1. The van der Waals surface area contributed by atoms with Gasteiger partial charge in [-0.2, -0.15) is 5.10 Å². The van der Waals surface area contributed by atoms with Gasteiger partial charge in [0.1, 0.15) is 0 Å². The van der Waals surface area contributed by atoms with Crippen molar-refractivity contribution in [2.24, 2.45) is 5.10 Å². The molecule has 0 bridgehead atoms. The molecule has 0 heterocycles. The van der Waals surface area contributed by atoms with Gasteiger partial charge in [0.15, 0.2) is 0 Å². The average molecular weight is 392 g/mol. The van der Waals surface area contributed by atoms with Crippen LogP contribution in [0, 0.1) is 6.92 Å². The lowest BCUT2D eigenvalue weighted by Gasteiger charge is -2.08. The van der Waals surface area contributed by atoms with Crippen LogP contribution in [0.15, 0.2) is 47.6 Å². The Morgan fingerprint density at radius 1 is 1.00 bits per heavy atom. The first-order valence-corrected chi connectivity index (χ1v) is 8.71. The van der Waals surface area contributed by atoms with Crippen LogP contribution in [-0.4, -0.2) is 17.5 Å². The lowest BCUT2D eigenvalue weighted by atomic mass is 10.1. The SMILES string of the molecule is CC(CC(=O)Nc1ccc(Cl)cc1C)=NNC(=O)Cc1ccc(Cl)cc1. The second-order valence-corrected chi connectivity index (χ2v) is 6.74. The predicted octanol–water partition coefficient (Wildman–Crippen LogP) is 4.37. The molecule has 0 radical (unpaired) electrons. The number of carbonyl (C=O) groups excluding carboxylic acids is 2. The number of hydrazone groups is 1. The molecule has 0 saturated carbocycles. The van der Waals surface area contributed by atoms with E-state index in [-0.39, 0.29) is 24.7 Å². The molecule has 0 unspecified atom stereocenters. The highest BCUT2D eigenvalue weighted by Gasteiger charge is 2.08. The third-order valence-electron chi connectivity index (χ3n) is 3.53. The number of amides is 2. The van der Waals surface area contributed by atoms with E-state index in [1.165, 1.54) is 0 Å². The lowest BCUT2D eigenvalue weighted by molar-refractivity contribution is -0.120. The molecule has 0 aliphatic rings. The van der Waals surface area contributed by atoms with Crippen molar-refractivity contribution in [3.63, 3.8) is 0 Å². The summed E-state index contributed by atoms with van der Waals surface area (Å²) in [4.78, 5) is 24.0. The van der Waals surface area contributed by atoms with Crippen LogP contribution in [-0.2, 0) is 16.0 Å². The normalized spacial score (nSPS) is 11.2. The minimum Gasteiger partial charge on any atom is -0.326 e. The maximum atomic E-state index is 12.1. The summed E-state index contributed by atoms with van der Waals surface area (Å²) < 4.78 is 0. The van der Waals surface area contributed by atoms with Gasteiger partial charge in [0.2, 0.25) is 11.8 Å². The van der Waals surface area contributed by atoms with Crippen molar-refractivity contribution in [2.45, 2.75) is 26.7 Å². The van der Waals surface area contributed by atoms with Gasteiger partial charge in [-0.1, -0.05) is 35.3 Å². The molecule has 0 atom stereocenters. The highest BCUT2D eigenvalue weighted by molar-refractivity contribution is 6.31. The molecule has 2 amide bonds. The molecule has 0 aliphatic heterocycles. The molecule has 2 N–H and O–H groups in total. The van der Waals surface area contributed by atoms with Crippen LogP contribution in [0.1, 0.15) is 24.5 Å². The van der Waals surface area contributed by atoms with Crippen LogP contribution in [0.2, 0.25) is 10.0 Å². The van der Waals surface area contributed by atoms with Crippen LogP contribution in [0.5, 0.6) is 0 Å². The standard InChI is InChI=1S/C19H19Cl2N3O2/c1-12-9-16(21)7-8-17(12)22-18(25)10-13(2)23-24-19(26)11-14-3-5-15(20)6-4-14/h3-9H,10-11H2,1-2H3,(H,22,25)(H,24,26). The number of anilines is 1. The van der Waals surface area contributed by atoms with E-state index in [2.05, 4.69) is 15.8 Å². The molecule has 0 aromatic heterocycles. The molecule has 2 aromatic carbocycles. The minimum absolute atomic E-state index is 0.0727. The van der Waals surface area contributed by atoms with Gasteiger partial charge in [-0.15, -0.1) is 0 Å². The summed E-state index contributed by atoms with van der Waals surface area (Å²) in [5.41, 5.74) is 5.35. The van der Waals surface area contributed by atoms with Gasteiger partial charge in [0.05, 0.1) is 12.8 Å². The summed E-state index contributed by atoms with van der Waals surface area (Å²) in [6.45, 7) is 3.54. The highest BCUT2D eigenvalue weighted by Crippen LogP contribution is 2.19. The van der Waals surface area contributed by atoms with E-state index in [9.17, 15) is 9.59 Å². The maximum Gasteiger partial charge on any atom is 0.244 e. The molecule has 2 aromatic rings. The monoisotopic (exact) mass is 391 g/mol. The van der Waals surface area contributed by atoms with Crippen molar-refractivity contribution < 1.29 is 9.59 Å². The fourth-order valence-corrected chi connectivity index (χ4v) is 2.57. The second kappa shape index (κ2) is 9.36. The molecule has 0 saturated heterocycles. The number of carbonyl (C=O) groups is 2. The quantitative estimate of drug-likeness (QED) is 0.566. The first-order chi connectivity index (χ1) is 12.3. The third kappa shape index (κ3) is 6.50. The van der Waals surface area contributed by atoms with E-state index in [1.807, 2.05) is 6.92 Å². The number of halogens is 2. The Morgan fingerprint density at radius 2 is 1.65 bits per heavy atom. The zero-order chi connectivity index (χ0) is 19.1. The number of hydrogen-bond acceptors (Lipinski definition) is 3. The molecule has 2 rings (SSSR count). The molecule has 0 spiro atoms. The number of hydrogen-bond donors (Lipinski definition) is 2. The maximum absolute atomic E-state index is 12.1. The lowest BCUT2D eigenvalue weighted by Crippen LogP contribution is -2.23. The van der Waals surface area contributed by atoms with Gasteiger partial charge in [0.25, 0.3) is 0 Å². The Labute approximate surface area is 162 Å². The molecule has 7 heteroatoms. The van der Waals surface area contributed by atoms with E-state index in [0.29, 0.717) is 21.4 Å². The predicted molar refractivity (Wildman–Crippen MR) is 106 cm³/mol. The zero-order valence-electron chi connectivity index (χ0n) is 14.5. The zero-order valence-corrected chi connectivity index (χ0v) is 16.0. The molecule has 26 heavy (non-hydrogen) atoms. The third-order valence-corrected chi connectivity index (χ3v) is 4.02. The molecule has 5 nitrogen and oxygen atoms in total. The van der Waals surface area contributed by atoms with Gasteiger partial charge in [-0.05, 0) is 55.3 Å². The molecular weight excluding hydrogens is 373 g/mol. The van der Waals surface area contributed by atoms with E-state index in [4.69, 9.17) is 23.2 Å². The topological polar surface area (TPSA) is 70.6 Å². The molecule has 136 valence electrons. The van der Waals surface area contributed by atoms with E-state index >= 15 is 0 Å². The van der Waals surface area contributed by atoms with Crippen molar-refractivity contribution in [2.75, 3.05) is 5.32 Å². The summed E-state index contributed by atoms with van der Waals surface area (Å²) in [6, 6.07) is 12.2. The second-order valence-electron chi connectivity index (χ2n) is 5.87. The Morgan fingerprint density at radius 3 is 2.31 bits per heavy atom. The first kappa shape index (κ1) is 19.9. The Bertz CT molecular complexity index is 833. The Hall–Kier alpha value is -2.37. The minimum atomic E-state index is -0.263. The molecule has 0 fully saturated rings. The smallest absolute Gasteiger partial charge is 0.244 e. The van der Waals surface area contributed by atoms with Gasteiger partial charge in [-0.25, -0.2) is 5.43 Å². The van der Waals surface area contributed by atoms with Crippen LogP contribution >= 0.6 is 23.2 Å². The Balaban J connectivity index is 1.83. The van der Waals surface area contributed by atoms with Crippen molar-refractivity contribution in [1.82, 2.24) is 5.43 Å². The summed E-state index contributed by atoms with van der Waals surface area (Å²) in [5.74, 6) is -0.482. The van der Waals surface area contributed by atoms with Gasteiger partial charge >= 0.3 is 0 Å². The summed E-state index contributed by atoms with van der Waals surface area (Å²) in [5, 5.41) is 7.99. The van der Waals surface area contributed by atoms with Crippen LogP contribution in [0.25, 0.3) is 0 Å². The number of nitrogens with one attached hydrogen (secondary N) is 2. The summed E-state index contributed by atoms with van der Waals surface area (Å²) in [6.07, 6.45) is 0.257. The van der Waals surface area contributed by atoms with E-state index in [0.717, 1.165) is 11.1 Å². The van der Waals surface area contributed by atoms with Gasteiger partial charge < -0.3 is 5.32 Å². The highest BCUT2D eigenvalue weighted by atomic mass is 35.5. The fourth-order valence-electron chi connectivity index (χ4n) is 2.22. The number of aryl methyl sites for hydroxylation is 1. The van der Waals surface area contributed by atoms with Crippen LogP contribution in [0.4, 0.5) is 5.69 Å². The van der Waals surface area contributed by atoms with Crippen LogP contribution < -0.4 is 10.7 Å². The van der Waals surface area contributed by atoms with Crippen LogP contribution in [0.3, 0.4) is 0 Å². The van der Waals surface area contributed by atoms with Crippen molar-refractivity contribution in [3.05, 3.63) is 63.6 Å². The Kier molecular flexibility index (Phi) is 7.18. The average Bonchev–Trinajstić information content (AvgIpc) is 2.58. The first-order valence-electron chi connectivity index (χ1n) is 7.96. The van der Waals surface area contributed by atoms with Crippen molar-refractivity contribution in [1.29, 1.82) is 0 Å². The summed E-state index contributed by atoms with van der Waals surface area (Å²) in [7, 11) is 0. The largest absolute Gasteiger partial charge is 0.326 e. The van der Waals surface area contributed by atoms with Gasteiger partial charge in [-0.3, -0.25) is 9.59 Å². The van der Waals surface area contributed by atoms with E-state index in [1.54, 1.807) is 49.4 Å². The van der Waals surface area contributed by atoms with E-state index < -0.39 is 0 Å². The van der Waals surface area contributed by atoms with Crippen molar-refractivity contribution in [3.8, 4) is 0 Å². The molecule has 0 aliphatic carbocycles. The van der Waals surface area contributed by atoms with Crippen molar-refractivity contribution >= 4 is 46.4 Å². The summed E-state index contributed by atoms with van der Waals surface area (Å²) >= 11 is 11.7. The number of rotatable bonds is 6. The fraction of sp³-hybridized carbons (Fsp3) is 0.211. The molecular formula is C19H19Cl2N3O2. The van der Waals surface area contributed by atoms with Gasteiger partial charge in [0, 0.05) is 21.4 Å². The number of benzene rings is 2.